The van der Waals surface area contributed by atoms with Crippen molar-refractivity contribution in [3.8, 4) is 0 Å². The second-order valence-corrected chi connectivity index (χ2v) is 6.31. The van der Waals surface area contributed by atoms with E-state index in [1.807, 2.05) is 29.7 Å². The Morgan fingerprint density at radius 2 is 2.08 bits per heavy atom. The van der Waals surface area contributed by atoms with Crippen molar-refractivity contribution < 1.29 is 13.6 Å². The molecule has 0 unspecified atom stereocenters. The quantitative estimate of drug-likeness (QED) is 0.655. The van der Waals surface area contributed by atoms with Crippen molar-refractivity contribution in [3.05, 3.63) is 76.6 Å². The van der Waals surface area contributed by atoms with Crippen LogP contribution >= 0.6 is 11.3 Å². The van der Waals surface area contributed by atoms with Crippen LogP contribution in [0.4, 0.5) is 8.78 Å². The van der Waals surface area contributed by atoms with E-state index in [-0.39, 0.29) is 5.56 Å². The molecule has 1 aromatic heterocycles. The maximum atomic E-state index is 13.8. The van der Waals surface area contributed by atoms with Crippen LogP contribution in [-0.4, -0.2) is 10.5 Å². The Labute approximate surface area is 141 Å². The van der Waals surface area contributed by atoms with Gasteiger partial charge in [0.25, 0.3) is 5.91 Å². The van der Waals surface area contributed by atoms with Gasteiger partial charge >= 0.3 is 0 Å². The summed E-state index contributed by atoms with van der Waals surface area (Å²) in [6.07, 6.45) is 1.70. The van der Waals surface area contributed by atoms with Crippen molar-refractivity contribution in [1.29, 1.82) is 0 Å². The second kappa shape index (κ2) is 6.49. The molecule has 0 N–H and O–H groups in total. The molecule has 0 fully saturated rings. The largest absolute Gasteiger partial charge is 0.312 e. The van der Waals surface area contributed by atoms with E-state index in [9.17, 15) is 13.6 Å². The number of halogens is 2. The number of thiazole rings is 1. The highest BCUT2D eigenvalue weighted by Gasteiger charge is 2.13. The van der Waals surface area contributed by atoms with Gasteiger partial charge in [-0.25, -0.2) is 8.78 Å². The van der Waals surface area contributed by atoms with Crippen molar-refractivity contribution in [3.63, 3.8) is 0 Å². The van der Waals surface area contributed by atoms with Crippen LogP contribution in [0.15, 0.2) is 54.0 Å². The number of carbonyl (C=O) groups is 1. The zero-order valence-electron chi connectivity index (χ0n) is 12.9. The molecule has 3 nitrogen and oxygen atoms in total. The number of carbonyl (C=O) groups excluding carboxylic acids is 1. The van der Waals surface area contributed by atoms with E-state index in [4.69, 9.17) is 0 Å². The van der Waals surface area contributed by atoms with E-state index in [1.54, 1.807) is 6.08 Å². The van der Waals surface area contributed by atoms with Gasteiger partial charge in [0.05, 0.1) is 15.8 Å². The first kappa shape index (κ1) is 16.3. The van der Waals surface area contributed by atoms with Gasteiger partial charge in [-0.3, -0.25) is 4.79 Å². The molecule has 0 saturated carbocycles. The molecular weight excluding hydrogens is 330 g/mol. The van der Waals surface area contributed by atoms with Crippen LogP contribution in [0.3, 0.4) is 0 Å². The predicted molar refractivity (Wildman–Crippen MR) is 91.0 cm³/mol. The Kier molecular flexibility index (Phi) is 4.40. The smallest absolute Gasteiger partial charge is 0.282 e. The average Bonchev–Trinajstić information content (AvgIpc) is 2.84. The number of aromatic nitrogens is 1. The van der Waals surface area contributed by atoms with Gasteiger partial charge in [-0.05, 0) is 36.8 Å². The first-order chi connectivity index (χ1) is 11.5. The number of hydrogen-bond acceptors (Lipinski definition) is 2. The summed E-state index contributed by atoms with van der Waals surface area (Å²) in [5.74, 6) is -2.40. The number of allylic oxidation sites excluding steroid dienone is 1. The number of hydrogen-bond donors (Lipinski definition) is 0. The summed E-state index contributed by atoms with van der Waals surface area (Å²) in [6, 6.07) is 8.74. The zero-order valence-corrected chi connectivity index (χ0v) is 13.7. The van der Waals surface area contributed by atoms with E-state index < -0.39 is 17.5 Å². The molecule has 2 aromatic carbocycles. The molecule has 6 heteroatoms. The van der Waals surface area contributed by atoms with E-state index in [0.717, 1.165) is 27.9 Å². The van der Waals surface area contributed by atoms with Gasteiger partial charge in [-0.15, -0.1) is 6.58 Å². The second-order valence-electron chi connectivity index (χ2n) is 5.30. The van der Waals surface area contributed by atoms with Gasteiger partial charge in [0.2, 0.25) is 0 Å². The minimum atomic E-state index is -0.920. The topological polar surface area (TPSA) is 34.4 Å². The van der Waals surface area contributed by atoms with E-state index in [2.05, 4.69) is 11.6 Å². The number of aryl methyl sites for hydroxylation is 1. The van der Waals surface area contributed by atoms with Crippen molar-refractivity contribution >= 4 is 27.5 Å². The monoisotopic (exact) mass is 344 g/mol. The molecule has 0 atom stereocenters. The van der Waals surface area contributed by atoms with Crippen molar-refractivity contribution in [1.82, 2.24) is 4.57 Å². The molecule has 122 valence electrons. The van der Waals surface area contributed by atoms with Crippen molar-refractivity contribution in [2.75, 3.05) is 0 Å². The molecule has 0 bridgehead atoms. The maximum absolute atomic E-state index is 13.8. The lowest BCUT2D eigenvalue weighted by atomic mass is 10.2. The van der Waals surface area contributed by atoms with E-state index in [1.165, 1.54) is 11.3 Å². The van der Waals surface area contributed by atoms with Gasteiger partial charge in [-0.1, -0.05) is 23.5 Å². The van der Waals surface area contributed by atoms with Crippen molar-refractivity contribution in [2.24, 2.45) is 4.99 Å². The normalized spacial score (nSPS) is 11.9. The van der Waals surface area contributed by atoms with Crippen LogP contribution in [0.25, 0.3) is 10.2 Å². The third-order valence-electron chi connectivity index (χ3n) is 3.51. The molecule has 0 spiro atoms. The molecule has 1 heterocycles. The highest BCUT2D eigenvalue weighted by Crippen LogP contribution is 2.19. The highest BCUT2D eigenvalue weighted by atomic mass is 32.1. The van der Waals surface area contributed by atoms with Gasteiger partial charge in [0, 0.05) is 12.6 Å². The zero-order chi connectivity index (χ0) is 17.3. The minimum Gasteiger partial charge on any atom is -0.312 e. The SMILES string of the molecule is C=CCn1c(=NC(=O)c2ccc(F)cc2F)sc2cc(C)ccc21. The molecule has 0 aliphatic rings. The molecule has 0 radical (unpaired) electrons. The van der Waals surface area contributed by atoms with Gasteiger partial charge in [-0.2, -0.15) is 4.99 Å². The first-order valence-electron chi connectivity index (χ1n) is 7.24. The molecule has 0 aliphatic heterocycles. The Morgan fingerprint density at radius 1 is 1.29 bits per heavy atom. The fourth-order valence-electron chi connectivity index (χ4n) is 2.38. The number of amides is 1. The summed E-state index contributed by atoms with van der Waals surface area (Å²) >= 11 is 1.34. The third-order valence-corrected chi connectivity index (χ3v) is 4.55. The standard InChI is InChI=1S/C18H14F2N2OS/c1-3-8-22-15-7-4-11(2)9-16(15)24-18(22)21-17(23)13-6-5-12(19)10-14(13)20/h3-7,9-10H,1,8H2,2H3. The molecular formula is C18H14F2N2OS. The fraction of sp³-hybridized carbons (Fsp3) is 0.111. The van der Waals surface area contributed by atoms with E-state index in [0.29, 0.717) is 17.4 Å². The Hall–Kier alpha value is -2.60. The summed E-state index contributed by atoms with van der Waals surface area (Å²) in [5.41, 5.74) is 1.77. The summed E-state index contributed by atoms with van der Waals surface area (Å²) in [4.78, 5) is 16.8. The third kappa shape index (κ3) is 3.05. The maximum Gasteiger partial charge on any atom is 0.282 e. The number of fused-ring (bicyclic) bond motifs is 1. The van der Waals surface area contributed by atoms with Crippen LogP contribution in [0.5, 0.6) is 0 Å². The molecule has 0 saturated heterocycles. The number of nitrogens with zero attached hydrogens (tertiary/aromatic N) is 2. The lowest BCUT2D eigenvalue weighted by Gasteiger charge is -2.01. The number of rotatable bonds is 3. The minimum absolute atomic E-state index is 0.254. The van der Waals surface area contributed by atoms with Crippen LogP contribution in [-0.2, 0) is 6.54 Å². The van der Waals surface area contributed by atoms with E-state index >= 15 is 0 Å². The van der Waals surface area contributed by atoms with Crippen LogP contribution in [0, 0.1) is 18.6 Å². The van der Waals surface area contributed by atoms with Crippen LogP contribution in [0.2, 0.25) is 0 Å². The van der Waals surface area contributed by atoms with Gasteiger partial charge in [0.1, 0.15) is 11.6 Å². The lowest BCUT2D eigenvalue weighted by molar-refractivity contribution is 0.0994. The molecule has 0 aliphatic carbocycles. The molecule has 1 amide bonds. The fourth-order valence-corrected chi connectivity index (χ4v) is 3.52. The Bertz CT molecular complexity index is 1020. The van der Waals surface area contributed by atoms with Crippen LogP contribution in [0.1, 0.15) is 15.9 Å². The first-order valence-corrected chi connectivity index (χ1v) is 8.06. The van der Waals surface area contributed by atoms with Crippen molar-refractivity contribution in [2.45, 2.75) is 13.5 Å². The van der Waals surface area contributed by atoms with Gasteiger partial charge in [0.15, 0.2) is 4.80 Å². The summed E-state index contributed by atoms with van der Waals surface area (Å²) in [7, 11) is 0. The highest BCUT2D eigenvalue weighted by molar-refractivity contribution is 7.16. The Morgan fingerprint density at radius 3 is 2.79 bits per heavy atom. The van der Waals surface area contributed by atoms with Gasteiger partial charge < -0.3 is 4.57 Å². The summed E-state index contributed by atoms with van der Waals surface area (Å²) in [5, 5.41) is 0. The summed E-state index contributed by atoms with van der Waals surface area (Å²) in [6.45, 7) is 6.17. The predicted octanol–water partition coefficient (Wildman–Crippen LogP) is 4.22. The van der Waals surface area contributed by atoms with Crippen LogP contribution < -0.4 is 4.80 Å². The lowest BCUT2D eigenvalue weighted by Crippen LogP contribution is -2.16. The average molecular weight is 344 g/mol. The summed E-state index contributed by atoms with van der Waals surface area (Å²) < 4.78 is 29.6. The molecule has 24 heavy (non-hydrogen) atoms. The Balaban J connectivity index is 2.16. The molecule has 3 rings (SSSR count). The number of benzene rings is 2. The molecule has 3 aromatic rings.